The molecule has 1 amide bonds. The van der Waals surface area contributed by atoms with Crippen molar-refractivity contribution in [1.29, 1.82) is 0 Å². The van der Waals surface area contributed by atoms with Crippen LogP contribution in [0.2, 0.25) is 0 Å². The van der Waals surface area contributed by atoms with Crippen LogP contribution in [0.3, 0.4) is 0 Å². The van der Waals surface area contributed by atoms with Gasteiger partial charge in [-0.25, -0.2) is 0 Å². The van der Waals surface area contributed by atoms with Crippen LogP contribution in [0.15, 0.2) is 10.6 Å². The van der Waals surface area contributed by atoms with E-state index in [1.54, 1.807) is 0 Å². The lowest BCUT2D eigenvalue weighted by Crippen LogP contribution is -2.16. The van der Waals surface area contributed by atoms with Gasteiger partial charge in [0.25, 0.3) is 0 Å². The summed E-state index contributed by atoms with van der Waals surface area (Å²) >= 11 is 5.76. The van der Waals surface area contributed by atoms with Crippen molar-refractivity contribution in [1.82, 2.24) is 0 Å². The van der Waals surface area contributed by atoms with Gasteiger partial charge >= 0.3 is 0 Å². The summed E-state index contributed by atoms with van der Waals surface area (Å²) in [4.78, 5) is 10.6. The summed E-state index contributed by atoms with van der Waals surface area (Å²) in [5, 5.41) is 0.666. The van der Waals surface area contributed by atoms with Gasteiger partial charge < -0.3 is 5.73 Å². The maximum atomic E-state index is 10.6. The van der Waals surface area contributed by atoms with Crippen molar-refractivity contribution in [2.75, 3.05) is 0 Å². The Balaban J connectivity index is 2.78. The van der Waals surface area contributed by atoms with E-state index in [2.05, 4.69) is 0 Å². The minimum Gasteiger partial charge on any atom is -0.366 e. The molecule has 0 heterocycles. The topological polar surface area (TPSA) is 43.1 Å². The van der Waals surface area contributed by atoms with Crippen LogP contribution >= 0.6 is 11.6 Å². The van der Waals surface area contributed by atoms with Crippen molar-refractivity contribution in [3.63, 3.8) is 0 Å². The molecule has 0 spiro atoms. The Kier molecular flexibility index (Phi) is 2.33. The SMILES string of the molecule is NC(=O)C1=C(Cl)CCCC1. The molecule has 0 saturated carbocycles. The third-order valence-corrected chi connectivity index (χ3v) is 2.12. The Morgan fingerprint density at radius 2 is 2.00 bits per heavy atom. The third-order valence-electron chi connectivity index (χ3n) is 1.70. The monoisotopic (exact) mass is 159 g/mol. The lowest BCUT2D eigenvalue weighted by Gasteiger charge is -2.12. The zero-order valence-electron chi connectivity index (χ0n) is 5.69. The fraction of sp³-hybridized carbons (Fsp3) is 0.571. The molecule has 10 heavy (non-hydrogen) atoms. The second-order valence-corrected chi connectivity index (χ2v) is 2.91. The number of allylic oxidation sites excluding steroid dienone is 1. The van der Waals surface area contributed by atoms with Gasteiger partial charge in [-0.1, -0.05) is 11.6 Å². The van der Waals surface area contributed by atoms with E-state index in [-0.39, 0.29) is 5.91 Å². The van der Waals surface area contributed by atoms with Crippen molar-refractivity contribution < 1.29 is 4.79 Å². The van der Waals surface area contributed by atoms with Crippen LogP contribution in [-0.2, 0) is 4.79 Å². The molecule has 0 atom stereocenters. The summed E-state index contributed by atoms with van der Waals surface area (Å²) < 4.78 is 0. The number of primary amides is 1. The number of hydrogen-bond donors (Lipinski definition) is 1. The molecule has 0 aliphatic heterocycles. The summed E-state index contributed by atoms with van der Waals surface area (Å²) in [6.45, 7) is 0. The number of hydrogen-bond acceptors (Lipinski definition) is 1. The standard InChI is InChI=1S/C7H10ClNO/c8-6-4-2-1-3-5(6)7(9)10/h1-4H2,(H2,9,10). The molecular weight excluding hydrogens is 150 g/mol. The number of amides is 1. The highest BCUT2D eigenvalue weighted by molar-refractivity contribution is 6.31. The molecular formula is C7H10ClNO. The van der Waals surface area contributed by atoms with E-state index in [0.29, 0.717) is 10.6 Å². The molecule has 2 N–H and O–H groups in total. The van der Waals surface area contributed by atoms with Gasteiger partial charge in [-0.2, -0.15) is 0 Å². The molecule has 0 bridgehead atoms. The quantitative estimate of drug-likeness (QED) is 0.620. The van der Waals surface area contributed by atoms with Crippen LogP contribution in [0, 0.1) is 0 Å². The molecule has 0 radical (unpaired) electrons. The van der Waals surface area contributed by atoms with E-state index in [1.807, 2.05) is 0 Å². The average molecular weight is 160 g/mol. The maximum absolute atomic E-state index is 10.6. The first kappa shape index (κ1) is 7.61. The predicted octanol–water partition coefficient (Wildman–Crippen LogP) is 1.54. The van der Waals surface area contributed by atoms with Gasteiger partial charge in [-0.3, -0.25) is 4.79 Å². The highest BCUT2D eigenvalue weighted by atomic mass is 35.5. The van der Waals surface area contributed by atoms with Crippen LogP contribution in [0.5, 0.6) is 0 Å². The first-order chi connectivity index (χ1) is 4.72. The Bertz CT molecular complexity index is 186. The number of nitrogens with two attached hydrogens (primary N) is 1. The minimum absolute atomic E-state index is 0.357. The summed E-state index contributed by atoms with van der Waals surface area (Å²) in [7, 11) is 0. The van der Waals surface area contributed by atoms with Crippen LogP contribution in [0.1, 0.15) is 25.7 Å². The van der Waals surface area contributed by atoms with E-state index >= 15 is 0 Å². The molecule has 0 unspecified atom stereocenters. The number of rotatable bonds is 1. The summed E-state index contributed by atoms with van der Waals surface area (Å²) in [6.07, 6.45) is 3.69. The van der Waals surface area contributed by atoms with Crippen LogP contribution < -0.4 is 5.73 Å². The van der Waals surface area contributed by atoms with E-state index < -0.39 is 0 Å². The van der Waals surface area contributed by atoms with Crippen molar-refractivity contribution >= 4 is 17.5 Å². The first-order valence-corrected chi connectivity index (χ1v) is 3.77. The Morgan fingerprint density at radius 1 is 1.40 bits per heavy atom. The van der Waals surface area contributed by atoms with E-state index in [0.717, 1.165) is 25.7 Å². The molecule has 0 fully saturated rings. The van der Waals surface area contributed by atoms with Gasteiger partial charge in [0.2, 0.25) is 5.91 Å². The van der Waals surface area contributed by atoms with Crippen molar-refractivity contribution in [3.8, 4) is 0 Å². The summed E-state index contributed by atoms with van der Waals surface area (Å²) in [6, 6.07) is 0. The molecule has 0 aromatic rings. The largest absolute Gasteiger partial charge is 0.366 e. The lowest BCUT2D eigenvalue weighted by atomic mass is 9.99. The van der Waals surface area contributed by atoms with Gasteiger partial charge in [0, 0.05) is 10.6 Å². The fourth-order valence-corrected chi connectivity index (χ4v) is 1.45. The molecule has 0 aromatic heterocycles. The van der Waals surface area contributed by atoms with Gasteiger partial charge in [0.05, 0.1) is 0 Å². The van der Waals surface area contributed by atoms with Gasteiger partial charge in [-0.05, 0) is 25.7 Å². The summed E-state index contributed by atoms with van der Waals surface area (Å²) in [5.74, 6) is -0.357. The zero-order chi connectivity index (χ0) is 7.56. The normalized spacial score (nSPS) is 19.3. The second-order valence-electron chi connectivity index (χ2n) is 2.45. The highest BCUT2D eigenvalue weighted by Crippen LogP contribution is 2.26. The minimum atomic E-state index is -0.357. The average Bonchev–Trinajstić information content (AvgIpc) is 1.88. The molecule has 3 heteroatoms. The molecule has 0 aromatic carbocycles. The Morgan fingerprint density at radius 3 is 2.40 bits per heavy atom. The Hall–Kier alpha value is -0.500. The smallest absolute Gasteiger partial charge is 0.245 e. The van der Waals surface area contributed by atoms with E-state index in [4.69, 9.17) is 17.3 Å². The predicted molar refractivity (Wildman–Crippen MR) is 40.5 cm³/mol. The van der Waals surface area contributed by atoms with Crippen LogP contribution in [0.25, 0.3) is 0 Å². The molecule has 1 aliphatic carbocycles. The number of halogens is 1. The fourth-order valence-electron chi connectivity index (χ4n) is 1.13. The Labute approximate surface area is 65.0 Å². The number of carbonyl (C=O) groups is 1. The molecule has 0 saturated heterocycles. The second kappa shape index (κ2) is 3.06. The lowest BCUT2D eigenvalue weighted by molar-refractivity contribution is -0.114. The molecule has 2 nitrogen and oxygen atoms in total. The highest BCUT2D eigenvalue weighted by Gasteiger charge is 2.14. The van der Waals surface area contributed by atoms with Gasteiger partial charge in [0.15, 0.2) is 0 Å². The van der Waals surface area contributed by atoms with E-state index in [9.17, 15) is 4.79 Å². The maximum Gasteiger partial charge on any atom is 0.245 e. The van der Waals surface area contributed by atoms with E-state index in [1.165, 1.54) is 0 Å². The van der Waals surface area contributed by atoms with Gasteiger partial charge in [-0.15, -0.1) is 0 Å². The number of carbonyl (C=O) groups excluding carboxylic acids is 1. The first-order valence-electron chi connectivity index (χ1n) is 3.39. The van der Waals surface area contributed by atoms with Gasteiger partial charge in [0.1, 0.15) is 0 Å². The zero-order valence-corrected chi connectivity index (χ0v) is 6.45. The van der Waals surface area contributed by atoms with Crippen molar-refractivity contribution in [3.05, 3.63) is 10.6 Å². The van der Waals surface area contributed by atoms with Crippen molar-refractivity contribution in [2.24, 2.45) is 5.73 Å². The van der Waals surface area contributed by atoms with Crippen molar-refractivity contribution in [2.45, 2.75) is 25.7 Å². The molecule has 56 valence electrons. The van der Waals surface area contributed by atoms with Crippen LogP contribution in [0.4, 0.5) is 0 Å². The summed E-state index contributed by atoms with van der Waals surface area (Å²) in [5.41, 5.74) is 5.71. The molecule has 1 rings (SSSR count). The third kappa shape index (κ3) is 1.51. The van der Waals surface area contributed by atoms with Crippen LogP contribution in [-0.4, -0.2) is 5.91 Å². The molecule has 1 aliphatic rings.